The minimum atomic E-state index is -1.01. The van der Waals surface area contributed by atoms with Crippen molar-refractivity contribution in [2.45, 2.75) is 32.9 Å². The van der Waals surface area contributed by atoms with E-state index in [9.17, 15) is 9.59 Å². The van der Waals surface area contributed by atoms with Crippen molar-refractivity contribution in [3.8, 4) is 0 Å². The molecule has 1 aromatic heterocycles. The average Bonchev–Trinajstić information content (AvgIpc) is 2.78. The van der Waals surface area contributed by atoms with Gasteiger partial charge in [-0.05, 0) is 19.4 Å². The lowest BCUT2D eigenvalue weighted by molar-refractivity contribution is -0.137. The van der Waals surface area contributed by atoms with Crippen LogP contribution in [-0.4, -0.2) is 26.9 Å². The van der Waals surface area contributed by atoms with Gasteiger partial charge >= 0.3 is 12.1 Å². The summed E-state index contributed by atoms with van der Waals surface area (Å²) in [4.78, 5) is 23.2. The lowest BCUT2D eigenvalue weighted by Crippen LogP contribution is -2.31. The maximum absolute atomic E-state index is 12.1. The van der Waals surface area contributed by atoms with Crippen molar-refractivity contribution in [3.63, 3.8) is 0 Å². The van der Waals surface area contributed by atoms with Gasteiger partial charge in [0.05, 0.1) is 18.2 Å². The Morgan fingerprint density at radius 3 is 2.50 bits per heavy atom. The zero-order valence-corrected chi connectivity index (χ0v) is 13.9. The number of carbonyl (C=O) groups is 2. The van der Waals surface area contributed by atoms with Crippen molar-refractivity contribution in [1.29, 1.82) is 0 Å². The zero-order chi connectivity index (χ0) is 17.7. The van der Waals surface area contributed by atoms with Crippen molar-refractivity contribution in [2.75, 3.05) is 0 Å². The molecule has 0 aliphatic rings. The molecule has 0 unspecified atom stereocenters. The Balaban J connectivity index is 2.08. The summed E-state index contributed by atoms with van der Waals surface area (Å²) < 4.78 is 6.84. The number of benzene rings is 1. The molecule has 0 bridgehead atoms. The third-order valence-electron chi connectivity index (χ3n) is 3.80. The second kappa shape index (κ2) is 7.63. The highest BCUT2D eigenvalue weighted by Gasteiger charge is 2.25. The molecule has 1 aromatic carbocycles. The standard InChI is InChI=1S/C17H21N3O4/c1-11-16(12(2)20(3)19-11)14(9-15(21)22)18-17(23)24-10-13-7-5-4-6-8-13/h4-8,14H,9-10H2,1-3H3,(H,18,23)(H,21,22)/t14-/m0/s1. The summed E-state index contributed by atoms with van der Waals surface area (Å²) in [5, 5.41) is 16.0. The largest absolute Gasteiger partial charge is 0.481 e. The van der Waals surface area contributed by atoms with Crippen LogP contribution in [0.2, 0.25) is 0 Å². The first-order chi connectivity index (χ1) is 11.4. The topological polar surface area (TPSA) is 93.5 Å². The van der Waals surface area contributed by atoms with Crippen LogP contribution >= 0.6 is 0 Å². The van der Waals surface area contributed by atoms with Crippen molar-refractivity contribution < 1.29 is 19.4 Å². The number of nitrogens with zero attached hydrogens (tertiary/aromatic N) is 2. The van der Waals surface area contributed by atoms with E-state index in [4.69, 9.17) is 9.84 Å². The molecule has 128 valence electrons. The van der Waals surface area contributed by atoms with Crippen molar-refractivity contribution in [2.24, 2.45) is 7.05 Å². The molecule has 0 aliphatic carbocycles. The van der Waals surface area contributed by atoms with E-state index in [0.29, 0.717) is 11.3 Å². The van der Waals surface area contributed by atoms with Crippen LogP contribution in [0.25, 0.3) is 0 Å². The first-order valence-corrected chi connectivity index (χ1v) is 7.57. The number of ether oxygens (including phenoxy) is 1. The van der Waals surface area contributed by atoms with E-state index in [1.54, 1.807) is 18.7 Å². The molecule has 2 rings (SSSR count). The van der Waals surface area contributed by atoms with Gasteiger partial charge in [-0.25, -0.2) is 4.79 Å². The number of aromatic nitrogens is 2. The lowest BCUT2D eigenvalue weighted by atomic mass is 10.0. The fraction of sp³-hybridized carbons (Fsp3) is 0.353. The highest BCUT2D eigenvalue weighted by molar-refractivity contribution is 5.72. The Morgan fingerprint density at radius 2 is 1.96 bits per heavy atom. The molecule has 0 saturated carbocycles. The van der Waals surface area contributed by atoms with E-state index in [0.717, 1.165) is 11.3 Å². The number of rotatable bonds is 6. The number of hydrogen-bond donors (Lipinski definition) is 2. The second-order valence-electron chi connectivity index (χ2n) is 5.56. The molecule has 2 N–H and O–H groups in total. The first kappa shape index (κ1) is 17.5. The number of carbonyl (C=O) groups excluding carboxylic acids is 1. The van der Waals surface area contributed by atoms with Gasteiger partial charge in [0.1, 0.15) is 6.61 Å². The molecular weight excluding hydrogens is 310 g/mol. The van der Waals surface area contributed by atoms with Crippen molar-refractivity contribution in [3.05, 3.63) is 52.8 Å². The molecule has 0 aliphatic heterocycles. The number of alkyl carbamates (subject to hydrolysis) is 1. The van der Waals surface area contributed by atoms with Gasteiger partial charge < -0.3 is 15.2 Å². The summed E-state index contributed by atoms with van der Waals surface area (Å²) in [5.74, 6) is -1.01. The van der Waals surface area contributed by atoms with Gasteiger partial charge in [0, 0.05) is 18.3 Å². The molecule has 0 saturated heterocycles. The normalized spacial score (nSPS) is 11.8. The maximum Gasteiger partial charge on any atom is 0.407 e. The van der Waals surface area contributed by atoms with Crippen molar-refractivity contribution >= 4 is 12.1 Å². The van der Waals surface area contributed by atoms with Crippen LogP contribution in [0.15, 0.2) is 30.3 Å². The van der Waals surface area contributed by atoms with Gasteiger partial charge in [0.2, 0.25) is 0 Å². The molecule has 0 fully saturated rings. The molecule has 0 radical (unpaired) electrons. The molecule has 2 aromatic rings. The van der Waals surface area contributed by atoms with Gasteiger partial charge in [-0.2, -0.15) is 5.10 Å². The quantitative estimate of drug-likeness (QED) is 0.848. The van der Waals surface area contributed by atoms with Gasteiger partial charge in [0.25, 0.3) is 0 Å². The van der Waals surface area contributed by atoms with E-state index in [1.165, 1.54) is 0 Å². The summed E-state index contributed by atoms with van der Waals surface area (Å²) in [5.41, 5.74) is 3.06. The minimum absolute atomic E-state index is 0.122. The summed E-state index contributed by atoms with van der Waals surface area (Å²) in [6, 6.07) is 8.58. The highest BCUT2D eigenvalue weighted by Crippen LogP contribution is 2.24. The van der Waals surface area contributed by atoms with E-state index in [2.05, 4.69) is 10.4 Å². The van der Waals surface area contributed by atoms with E-state index >= 15 is 0 Å². The smallest absolute Gasteiger partial charge is 0.407 e. The Morgan fingerprint density at radius 1 is 1.29 bits per heavy atom. The van der Waals surface area contributed by atoms with E-state index in [1.807, 2.05) is 37.3 Å². The first-order valence-electron chi connectivity index (χ1n) is 7.57. The average molecular weight is 331 g/mol. The number of aliphatic carboxylic acids is 1. The predicted molar refractivity (Wildman–Crippen MR) is 87.4 cm³/mol. The molecule has 24 heavy (non-hydrogen) atoms. The van der Waals surface area contributed by atoms with Gasteiger partial charge in [0.15, 0.2) is 0 Å². The maximum atomic E-state index is 12.1. The third-order valence-corrected chi connectivity index (χ3v) is 3.80. The monoisotopic (exact) mass is 331 g/mol. The highest BCUT2D eigenvalue weighted by atomic mass is 16.5. The summed E-state index contributed by atoms with van der Waals surface area (Å²) in [6.07, 6.45) is -0.902. The van der Waals surface area contributed by atoms with E-state index < -0.39 is 18.1 Å². The van der Waals surface area contributed by atoms with Crippen LogP contribution in [0.4, 0.5) is 4.79 Å². The molecule has 1 atom stereocenters. The number of nitrogens with one attached hydrogen (secondary N) is 1. The fourth-order valence-corrected chi connectivity index (χ4v) is 2.60. The number of amides is 1. The van der Waals surface area contributed by atoms with Gasteiger partial charge in [-0.1, -0.05) is 30.3 Å². The van der Waals surface area contributed by atoms with Crippen LogP contribution in [0, 0.1) is 13.8 Å². The Hall–Kier alpha value is -2.83. The molecule has 0 spiro atoms. The number of carboxylic acid groups (broad SMARTS) is 1. The molecular formula is C17H21N3O4. The zero-order valence-electron chi connectivity index (χ0n) is 13.9. The van der Waals surface area contributed by atoms with Crippen molar-refractivity contribution in [1.82, 2.24) is 15.1 Å². The molecule has 7 heteroatoms. The SMILES string of the molecule is Cc1nn(C)c(C)c1[C@H](CC(=O)O)NC(=O)OCc1ccccc1. The fourth-order valence-electron chi connectivity index (χ4n) is 2.60. The van der Waals surface area contributed by atoms with Gasteiger partial charge in [-0.15, -0.1) is 0 Å². The Kier molecular flexibility index (Phi) is 5.57. The molecule has 7 nitrogen and oxygen atoms in total. The van der Waals surface area contributed by atoms with E-state index in [-0.39, 0.29) is 13.0 Å². The lowest BCUT2D eigenvalue weighted by Gasteiger charge is -2.18. The Labute approximate surface area is 140 Å². The van der Waals surface area contributed by atoms with Crippen LogP contribution in [0.3, 0.4) is 0 Å². The molecule has 1 amide bonds. The number of aryl methyl sites for hydroxylation is 2. The summed E-state index contributed by atoms with van der Waals surface area (Å²) in [6.45, 7) is 3.74. The predicted octanol–water partition coefficient (Wildman–Crippen LogP) is 2.48. The van der Waals surface area contributed by atoms with Crippen LogP contribution in [0.1, 0.15) is 35.0 Å². The molecule has 1 heterocycles. The van der Waals surface area contributed by atoms with Gasteiger partial charge in [-0.3, -0.25) is 9.48 Å². The third kappa shape index (κ3) is 4.34. The summed E-state index contributed by atoms with van der Waals surface area (Å²) >= 11 is 0. The number of hydrogen-bond acceptors (Lipinski definition) is 4. The minimum Gasteiger partial charge on any atom is -0.481 e. The summed E-state index contributed by atoms with van der Waals surface area (Å²) in [7, 11) is 1.78. The van der Waals surface area contributed by atoms with Crippen LogP contribution in [-0.2, 0) is 23.2 Å². The second-order valence-corrected chi connectivity index (χ2v) is 5.56. The van der Waals surface area contributed by atoms with Crippen LogP contribution < -0.4 is 5.32 Å². The number of carboxylic acids is 1. The Bertz CT molecular complexity index is 725. The van der Waals surface area contributed by atoms with Crippen LogP contribution in [0.5, 0.6) is 0 Å².